The van der Waals surface area contributed by atoms with Crippen LogP contribution in [0.15, 0.2) is 79.0 Å². The molecule has 0 aliphatic heterocycles. The Labute approximate surface area is 164 Å². The smallest absolute Gasteiger partial charge is 0.321 e. The molecular weight excluding hydrogens is 379 g/mol. The maximum Gasteiger partial charge on any atom is 0.418 e. The molecule has 7 heteroatoms. The summed E-state index contributed by atoms with van der Waals surface area (Å²) in [5.74, 6) is -0.655. The van der Waals surface area contributed by atoms with E-state index >= 15 is 0 Å². The van der Waals surface area contributed by atoms with Crippen molar-refractivity contribution < 1.29 is 18.0 Å². The van der Waals surface area contributed by atoms with Crippen LogP contribution < -0.4 is 5.32 Å². The highest BCUT2D eigenvalue weighted by molar-refractivity contribution is 6.13. The molecule has 0 radical (unpaired) electrons. The molecule has 0 spiro atoms. The lowest BCUT2D eigenvalue weighted by Crippen LogP contribution is -2.17. The van der Waals surface area contributed by atoms with Crippen molar-refractivity contribution in [3.8, 4) is 11.4 Å². The van der Waals surface area contributed by atoms with Crippen LogP contribution >= 0.6 is 0 Å². The number of hydrogen-bond donors (Lipinski definition) is 1. The van der Waals surface area contributed by atoms with Gasteiger partial charge in [0.15, 0.2) is 0 Å². The molecule has 0 atom stereocenters. The average Bonchev–Trinajstić information content (AvgIpc) is 2.73. The number of nitrogens with zero attached hydrogens (tertiary/aromatic N) is 2. The van der Waals surface area contributed by atoms with Crippen LogP contribution in [0.2, 0.25) is 0 Å². The largest absolute Gasteiger partial charge is 0.418 e. The normalized spacial score (nSPS) is 11.4. The number of halogens is 3. The summed E-state index contributed by atoms with van der Waals surface area (Å²) in [6, 6.07) is 18.7. The van der Waals surface area contributed by atoms with Crippen molar-refractivity contribution in [2.45, 2.75) is 6.18 Å². The van der Waals surface area contributed by atoms with Gasteiger partial charge >= 0.3 is 6.18 Å². The predicted molar refractivity (Wildman–Crippen MR) is 104 cm³/mol. The number of benzene rings is 2. The van der Waals surface area contributed by atoms with Gasteiger partial charge in [-0.1, -0.05) is 36.4 Å². The number of pyridine rings is 2. The number of nitrogens with one attached hydrogen (secondary N) is 1. The molecule has 0 fully saturated rings. The Morgan fingerprint density at radius 1 is 0.862 bits per heavy atom. The van der Waals surface area contributed by atoms with Gasteiger partial charge in [-0.05, 0) is 36.4 Å². The molecule has 0 saturated heterocycles. The number of amides is 1. The molecule has 29 heavy (non-hydrogen) atoms. The number of alkyl halides is 3. The molecule has 0 aliphatic rings. The van der Waals surface area contributed by atoms with E-state index in [1.165, 1.54) is 24.3 Å². The van der Waals surface area contributed by atoms with Crippen molar-refractivity contribution >= 4 is 22.5 Å². The van der Waals surface area contributed by atoms with Crippen LogP contribution in [-0.4, -0.2) is 15.9 Å². The third kappa shape index (κ3) is 3.80. The number of rotatable bonds is 3. The zero-order chi connectivity index (χ0) is 20.4. The van der Waals surface area contributed by atoms with Crippen molar-refractivity contribution in [1.29, 1.82) is 0 Å². The van der Waals surface area contributed by atoms with Crippen LogP contribution in [0.5, 0.6) is 0 Å². The monoisotopic (exact) mass is 393 g/mol. The summed E-state index contributed by atoms with van der Waals surface area (Å²) >= 11 is 0. The van der Waals surface area contributed by atoms with Crippen molar-refractivity contribution in [1.82, 2.24) is 9.97 Å². The standard InChI is InChI=1S/C22H14F3N3O/c23-22(24,25)16-8-2-4-10-18(16)28-21(29)15-13-20(19-11-5-6-12-26-19)27-17-9-3-1-7-14(15)17/h1-13H,(H,28,29). The highest BCUT2D eigenvalue weighted by Crippen LogP contribution is 2.35. The quantitative estimate of drug-likeness (QED) is 0.495. The van der Waals surface area contributed by atoms with Crippen LogP contribution in [0.4, 0.5) is 18.9 Å². The summed E-state index contributed by atoms with van der Waals surface area (Å²) in [6.07, 6.45) is -2.98. The topological polar surface area (TPSA) is 54.9 Å². The van der Waals surface area contributed by atoms with Gasteiger partial charge in [0.1, 0.15) is 0 Å². The maximum atomic E-state index is 13.3. The molecule has 2 aromatic carbocycles. The minimum Gasteiger partial charge on any atom is -0.321 e. The molecule has 0 bridgehead atoms. The number of fused-ring (bicyclic) bond motifs is 1. The average molecular weight is 393 g/mol. The Morgan fingerprint density at radius 2 is 1.59 bits per heavy atom. The van der Waals surface area contributed by atoms with Gasteiger partial charge in [-0.15, -0.1) is 0 Å². The Hall–Kier alpha value is -3.74. The fourth-order valence-corrected chi connectivity index (χ4v) is 3.04. The van der Waals surface area contributed by atoms with Crippen molar-refractivity contribution in [2.75, 3.05) is 5.32 Å². The second kappa shape index (κ2) is 7.35. The molecule has 0 aliphatic carbocycles. The first-order chi connectivity index (χ1) is 13.9. The SMILES string of the molecule is O=C(Nc1ccccc1C(F)(F)F)c1cc(-c2ccccn2)nc2ccccc12. The van der Waals surface area contributed by atoms with Gasteiger partial charge in [0.25, 0.3) is 5.91 Å². The molecule has 2 heterocycles. The van der Waals surface area contributed by atoms with E-state index in [2.05, 4.69) is 15.3 Å². The van der Waals surface area contributed by atoms with E-state index in [4.69, 9.17) is 0 Å². The minimum absolute atomic E-state index is 0.216. The lowest BCUT2D eigenvalue weighted by molar-refractivity contribution is -0.136. The van der Waals surface area contributed by atoms with Crippen LogP contribution in [0.1, 0.15) is 15.9 Å². The summed E-state index contributed by atoms with van der Waals surface area (Å²) in [5.41, 5.74) is 0.571. The number of para-hydroxylation sites is 2. The van der Waals surface area contributed by atoms with Crippen molar-refractivity contribution in [3.05, 3.63) is 90.1 Å². The fourth-order valence-electron chi connectivity index (χ4n) is 3.04. The van der Waals surface area contributed by atoms with Gasteiger partial charge in [-0.25, -0.2) is 4.98 Å². The molecule has 1 N–H and O–H groups in total. The number of carbonyl (C=O) groups is 1. The Balaban J connectivity index is 1.81. The minimum atomic E-state index is -4.58. The Bertz CT molecular complexity index is 1190. The Kier molecular flexibility index (Phi) is 4.72. The molecule has 0 saturated carbocycles. The molecule has 1 amide bonds. The van der Waals surface area contributed by atoms with E-state index in [9.17, 15) is 18.0 Å². The summed E-state index contributed by atoms with van der Waals surface area (Å²) < 4.78 is 39.8. The van der Waals surface area contributed by atoms with Gasteiger partial charge in [0, 0.05) is 11.6 Å². The second-order valence-electron chi connectivity index (χ2n) is 6.28. The molecule has 4 nitrogen and oxygen atoms in total. The van der Waals surface area contributed by atoms with Gasteiger partial charge in [-0.3, -0.25) is 9.78 Å². The van der Waals surface area contributed by atoms with E-state index in [1.807, 2.05) is 0 Å². The first-order valence-corrected chi connectivity index (χ1v) is 8.72. The Morgan fingerprint density at radius 3 is 2.34 bits per heavy atom. The molecule has 2 aromatic heterocycles. The highest BCUT2D eigenvalue weighted by atomic mass is 19.4. The molecule has 4 rings (SSSR count). The first kappa shape index (κ1) is 18.6. The molecule has 4 aromatic rings. The van der Waals surface area contributed by atoms with Crippen molar-refractivity contribution in [2.24, 2.45) is 0 Å². The highest BCUT2D eigenvalue weighted by Gasteiger charge is 2.33. The van der Waals surface area contributed by atoms with Gasteiger partial charge in [-0.2, -0.15) is 13.2 Å². The molecular formula is C22H14F3N3O. The van der Waals surface area contributed by atoms with Gasteiger partial charge < -0.3 is 5.32 Å². The van der Waals surface area contributed by atoms with E-state index in [1.54, 1.807) is 48.7 Å². The van der Waals surface area contributed by atoms with E-state index < -0.39 is 17.6 Å². The summed E-state index contributed by atoms with van der Waals surface area (Å²) in [7, 11) is 0. The number of aromatic nitrogens is 2. The van der Waals surface area contributed by atoms with E-state index in [0.717, 1.165) is 6.07 Å². The predicted octanol–water partition coefficient (Wildman–Crippen LogP) is 5.57. The van der Waals surface area contributed by atoms with E-state index in [0.29, 0.717) is 22.3 Å². The third-order valence-electron chi connectivity index (χ3n) is 4.37. The summed E-state index contributed by atoms with van der Waals surface area (Å²) in [6.45, 7) is 0. The van der Waals surface area contributed by atoms with E-state index in [-0.39, 0.29) is 11.3 Å². The van der Waals surface area contributed by atoms with Crippen LogP contribution in [0.3, 0.4) is 0 Å². The van der Waals surface area contributed by atoms with Crippen LogP contribution in [0.25, 0.3) is 22.3 Å². The van der Waals surface area contributed by atoms with Gasteiger partial charge in [0.2, 0.25) is 0 Å². The van der Waals surface area contributed by atoms with Crippen LogP contribution in [0, 0.1) is 0 Å². The van der Waals surface area contributed by atoms with Gasteiger partial charge in [0.05, 0.1) is 33.7 Å². The molecule has 0 unspecified atom stereocenters. The third-order valence-corrected chi connectivity index (χ3v) is 4.37. The van der Waals surface area contributed by atoms with Crippen LogP contribution in [-0.2, 0) is 6.18 Å². The number of carbonyl (C=O) groups excluding carboxylic acids is 1. The first-order valence-electron chi connectivity index (χ1n) is 8.72. The molecule has 144 valence electrons. The second-order valence-corrected chi connectivity index (χ2v) is 6.28. The van der Waals surface area contributed by atoms with Crippen molar-refractivity contribution in [3.63, 3.8) is 0 Å². The zero-order valence-electron chi connectivity index (χ0n) is 14.9. The lowest BCUT2D eigenvalue weighted by atomic mass is 10.0. The lowest BCUT2D eigenvalue weighted by Gasteiger charge is -2.14. The maximum absolute atomic E-state index is 13.3. The fraction of sp³-hybridized carbons (Fsp3) is 0.0455. The zero-order valence-corrected chi connectivity index (χ0v) is 14.9. The number of anilines is 1. The summed E-state index contributed by atoms with van der Waals surface area (Å²) in [4.78, 5) is 21.7. The number of hydrogen-bond acceptors (Lipinski definition) is 3. The summed E-state index contributed by atoms with van der Waals surface area (Å²) in [5, 5.41) is 2.93.